The first kappa shape index (κ1) is 20.2. The molecule has 0 bridgehead atoms. The van der Waals surface area contributed by atoms with Crippen LogP contribution in [-0.4, -0.2) is 28.1 Å². The summed E-state index contributed by atoms with van der Waals surface area (Å²) >= 11 is 19.5. The van der Waals surface area contributed by atoms with Crippen LogP contribution in [0.4, 0.5) is 10.1 Å². The van der Waals surface area contributed by atoms with Crippen LogP contribution in [0.3, 0.4) is 0 Å². The summed E-state index contributed by atoms with van der Waals surface area (Å²) in [7, 11) is 0. The van der Waals surface area contributed by atoms with Gasteiger partial charge in [-0.15, -0.1) is 11.3 Å². The molecule has 1 aliphatic rings. The van der Waals surface area contributed by atoms with E-state index in [0.29, 0.717) is 15.2 Å². The van der Waals surface area contributed by atoms with Crippen molar-refractivity contribution in [3.8, 4) is 5.75 Å². The molecule has 1 aliphatic heterocycles. The van der Waals surface area contributed by atoms with Crippen molar-refractivity contribution in [1.29, 1.82) is 0 Å². The van der Waals surface area contributed by atoms with Crippen LogP contribution in [0.5, 0.6) is 5.75 Å². The fourth-order valence-corrected chi connectivity index (χ4v) is 4.78. The number of rotatable bonds is 4. The molecule has 3 aromatic rings. The molecule has 1 N–H and O–H groups in total. The van der Waals surface area contributed by atoms with E-state index in [4.69, 9.17) is 44.6 Å². The highest BCUT2D eigenvalue weighted by molar-refractivity contribution is 7.18. The van der Waals surface area contributed by atoms with Crippen LogP contribution in [0.15, 0.2) is 24.3 Å². The van der Waals surface area contributed by atoms with E-state index in [1.165, 1.54) is 29.5 Å². The maximum absolute atomic E-state index is 14.5. The molecule has 11 heteroatoms. The predicted molar refractivity (Wildman–Crippen MR) is 109 cm³/mol. The van der Waals surface area contributed by atoms with E-state index in [1.807, 2.05) is 0 Å². The van der Waals surface area contributed by atoms with Crippen molar-refractivity contribution in [1.82, 2.24) is 4.98 Å². The minimum atomic E-state index is -1.27. The van der Waals surface area contributed by atoms with Crippen molar-refractivity contribution >= 4 is 73.9 Å². The lowest BCUT2D eigenvalue weighted by Crippen LogP contribution is -2.46. The van der Waals surface area contributed by atoms with Crippen molar-refractivity contribution in [3.05, 3.63) is 50.2 Å². The molecule has 29 heavy (non-hydrogen) atoms. The van der Waals surface area contributed by atoms with Gasteiger partial charge >= 0.3 is 5.97 Å². The van der Waals surface area contributed by atoms with Crippen LogP contribution in [0.2, 0.25) is 15.1 Å². The molecule has 150 valence electrons. The van der Waals surface area contributed by atoms with Gasteiger partial charge in [0, 0.05) is 0 Å². The Kier molecular flexibility index (Phi) is 5.29. The van der Waals surface area contributed by atoms with Gasteiger partial charge in [0.15, 0.2) is 11.9 Å². The quantitative estimate of drug-likeness (QED) is 0.527. The summed E-state index contributed by atoms with van der Waals surface area (Å²) in [6.07, 6.45) is -1.83. The fourth-order valence-electron chi connectivity index (χ4n) is 3.01. The van der Waals surface area contributed by atoms with Gasteiger partial charge in [0.25, 0.3) is 5.91 Å². The zero-order valence-electron chi connectivity index (χ0n) is 14.3. The number of carboxylic acids is 1. The Morgan fingerprint density at radius 3 is 2.79 bits per heavy atom. The van der Waals surface area contributed by atoms with Gasteiger partial charge in [-0.3, -0.25) is 14.5 Å². The molecule has 0 radical (unpaired) electrons. The van der Waals surface area contributed by atoms with Crippen LogP contribution >= 0.6 is 46.1 Å². The summed E-state index contributed by atoms with van der Waals surface area (Å²) in [6.45, 7) is -0.100. The topological polar surface area (TPSA) is 79.7 Å². The molecule has 0 spiro atoms. The highest BCUT2D eigenvalue weighted by Gasteiger charge is 2.38. The largest absolute Gasteiger partial charge is 0.481 e. The van der Waals surface area contributed by atoms with Crippen molar-refractivity contribution in [2.75, 3.05) is 4.90 Å². The van der Waals surface area contributed by atoms with E-state index < -0.39 is 30.2 Å². The smallest absolute Gasteiger partial charge is 0.307 e. The lowest BCUT2D eigenvalue weighted by molar-refractivity contribution is -0.142. The van der Waals surface area contributed by atoms with Gasteiger partial charge in [0.2, 0.25) is 0 Å². The number of aromatic nitrogens is 1. The first-order valence-electron chi connectivity index (χ1n) is 8.17. The molecule has 6 nitrogen and oxygen atoms in total. The molecule has 0 aliphatic carbocycles. The SMILES string of the molecule is O=C(O)CC1Oc2cccc(F)c2N(Cc2nc3c(Cl)c(Cl)c(Cl)cc3s2)C1=O. The van der Waals surface area contributed by atoms with Gasteiger partial charge in [-0.1, -0.05) is 40.9 Å². The number of carbonyl (C=O) groups excluding carboxylic acids is 1. The van der Waals surface area contributed by atoms with E-state index in [9.17, 15) is 14.0 Å². The lowest BCUT2D eigenvalue weighted by atomic mass is 10.1. The predicted octanol–water partition coefficient (Wildman–Crippen LogP) is 5.16. The number of thiazole rings is 1. The van der Waals surface area contributed by atoms with Crippen LogP contribution in [-0.2, 0) is 16.1 Å². The third-order valence-electron chi connectivity index (χ3n) is 4.25. The summed E-state index contributed by atoms with van der Waals surface area (Å²) in [4.78, 5) is 29.5. The number of ether oxygens (including phenoxy) is 1. The number of nitrogens with zero attached hydrogens (tertiary/aromatic N) is 2. The van der Waals surface area contributed by atoms with Crippen molar-refractivity contribution < 1.29 is 23.8 Å². The van der Waals surface area contributed by atoms with Gasteiger partial charge in [0.1, 0.15) is 22.0 Å². The first-order valence-corrected chi connectivity index (χ1v) is 10.1. The maximum Gasteiger partial charge on any atom is 0.307 e. The summed E-state index contributed by atoms with van der Waals surface area (Å²) in [5.74, 6) is -2.47. The van der Waals surface area contributed by atoms with Crippen LogP contribution in [0.1, 0.15) is 11.4 Å². The summed E-state index contributed by atoms with van der Waals surface area (Å²) < 4.78 is 20.6. The van der Waals surface area contributed by atoms with E-state index >= 15 is 0 Å². The second-order valence-corrected chi connectivity index (χ2v) is 8.43. The van der Waals surface area contributed by atoms with Crippen molar-refractivity contribution in [2.24, 2.45) is 0 Å². The Morgan fingerprint density at radius 2 is 2.07 bits per heavy atom. The molecule has 0 saturated heterocycles. The fraction of sp³-hybridized carbons (Fsp3) is 0.167. The Morgan fingerprint density at radius 1 is 1.31 bits per heavy atom. The minimum Gasteiger partial charge on any atom is -0.481 e. The monoisotopic (exact) mass is 474 g/mol. The molecule has 1 amide bonds. The van der Waals surface area contributed by atoms with E-state index in [-0.39, 0.29) is 33.0 Å². The molecular weight excluding hydrogens is 466 g/mol. The zero-order valence-corrected chi connectivity index (χ0v) is 17.4. The van der Waals surface area contributed by atoms with E-state index in [0.717, 1.165) is 4.90 Å². The molecule has 1 unspecified atom stereocenters. The van der Waals surface area contributed by atoms with Gasteiger partial charge in [-0.25, -0.2) is 9.37 Å². The van der Waals surface area contributed by atoms with Gasteiger partial charge in [-0.2, -0.15) is 0 Å². The Hall–Kier alpha value is -2.13. The molecule has 1 aromatic heterocycles. The number of hydrogen-bond acceptors (Lipinski definition) is 5. The number of carbonyl (C=O) groups is 2. The maximum atomic E-state index is 14.5. The third-order valence-corrected chi connectivity index (χ3v) is 6.49. The second kappa shape index (κ2) is 7.60. The molecular formula is C18H10Cl3FN2O4S. The molecule has 0 saturated carbocycles. The van der Waals surface area contributed by atoms with Crippen molar-refractivity contribution in [3.63, 3.8) is 0 Å². The molecule has 1 atom stereocenters. The number of para-hydroxylation sites is 1. The molecule has 2 aromatic carbocycles. The highest BCUT2D eigenvalue weighted by Crippen LogP contribution is 2.41. The van der Waals surface area contributed by atoms with Crippen LogP contribution < -0.4 is 9.64 Å². The molecule has 0 fully saturated rings. The number of carboxylic acid groups (broad SMARTS) is 1. The normalized spacial score (nSPS) is 16.1. The second-order valence-electron chi connectivity index (χ2n) is 6.16. The zero-order chi connectivity index (χ0) is 20.9. The number of amides is 1. The van der Waals surface area contributed by atoms with Crippen molar-refractivity contribution in [2.45, 2.75) is 19.1 Å². The Bertz CT molecular complexity index is 1170. The van der Waals surface area contributed by atoms with Crippen LogP contribution in [0.25, 0.3) is 10.2 Å². The Labute approximate surface area is 182 Å². The number of halogens is 4. The number of aliphatic carboxylic acids is 1. The van der Waals surface area contributed by atoms with E-state index in [2.05, 4.69) is 4.98 Å². The number of fused-ring (bicyclic) bond motifs is 2. The third kappa shape index (κ3) is 3.61. The highest BCUT2D eigenvalue weighted by atomic mass is 35.5. The lowest BCUT2D eigenvalue weighted by Gasteiger charge is -2.33. The van der Waals surface area contributed by atoms with Gasteiger partial charge in [-0.05, 0) is 18.2 Å². The summed E-state index contributed by atoms with van der Waals surface area (Å²) in [6, 6.07) is 5.69. The average Bonchev–Trinajstić information content (AvgIpc) is 3.05. The number of anilines is 1. The Balaban J connectivity index is 1.77. The first-order chi connectivity index (χ1) is 13.8. The van der Waals surface area contributed by atoms with E-state index in [1.54, 1.807) is 6.07 Å². The molecule has 4 rings (SSSR count). The number of benzene rings is 2. The van der Waals surface area contributed by atoms with Gasteiger partial charge < -0.3 is 9.84 Å². The summed E-state index contributed by atoms with van der Waals surface area (Å²) in [5, 5.41) is 10.1. The molecule has 2 heterocycles. The van der Waals surface area contributed by atoms with Gasteiger partial charge in [0.05, 0.1) is 32.7 Å². The minimum absolute atomic E-state index is 0.0689. The van der Waals surface area contributed by atoms with Crippen LogP contribution in [0, 0.1) is 5.82 Å². The summed E-state index contributed by atoms with van der Waals surface area (Å²) in [5.41, 5.74) is 0.346. The average molecular weight is 476 g/mol. The standard InChI is InChI=1S/C18H10Cl3FN2O4S/c19-7-4-11-16(15(21)14(7)20)23-12(29-11)6-24-17-8(22)2-1-3-9(17)28-10(18(24)27)5-13(25)26/h1-4,10H,5-6H2,(H,25,26). The number of hydrogen-bond donors (Lipinski definition) is 1.